The summed E-state index contributed by atoms with van der Waals surface area (Å²) in [6.45, 7) is 4.40. The van der Waals surface area contributed by atoms with Gasteiger partial charge in [0.2, 0.25) is 0 Å². The summed E-state index contributed by atoms with van der Waals surface area (Å²) >= 11 is 0. The molecule has 130 valence electrons. The van der Waals surface area contributed by atoms with Gasteiger partial charge in [-0.05, 0) is 36.2 Å². The van der Waals surface area contributed by atoms with Crippen molar-refractivity contribution in [2.24, 2.45) is 5.92 Å². The molecule has 2 amide bonds. The molecule has 2 rings (SSSR count). The summed E-state index contributed by atoms with van der Waals surface area (Å²) < 4.78 is 14.5. The molecule has 24 heavy (non-hydrogen) atoms. The average Bonchev–Trinajstić information content (AvgIpc) is 3.06. The molecule has 2 unspecified atom stereocenters. The van der Waals surface area contributed by atoms with E-state index in [-0.39, 0.29) is 30.9 Å². The number of urea groups is 1. The Kier molecular flexibility index (Phi) is 6.31. The van der Waals surface area contributed by atoms with Crippen LogP contribution in [0.3, 0.4) is 0 Å². The fourth-order valence-electron chi connectivity index (χ4n) is 2.10. The van der Waals surface area contributed by atoms with Crippen LogP contribution < -0.4 is 10.6 Å². The lowest BCUT2D eigenvalue weighted by Crippen LogP contribution is -2.41. The smallest absolute Gasteiger partial charge is 0.315 e. The summed E-state index contributed by atoms with van der Waals surface area (Å²) in [5.41, 5.74) is 1.42. The Hall–Kier alpha value is -2.41. The van der Waals surface area contributed by atoms with Crippen molar-refractivity contribution in [1.29, 1.82) is 0 Å². The SMILES string of the molecule is CCC(C)C(O)CNC(=O)NCc1ccn(-c2ccc(F)cc2)n1. The molecule has 1 heterocycles. The highest BCUT2D eigenvalue weighted by atomic mass is 19.1. The van der Waals surface area contributed by atoms with E-state index >= 15 is 0 Å². The van der Waals surface area contributed by atoms with E-state index in [1.807, 2.05) is 13.8 Å². The first-order chi connectivity index (χ1) is 11.5. The van der Waals surface area contributed by atoms with E-state index in [2.05, 4.69) is 15.7 Å². The van der Waals surface area contributed by atoms with Gasteiger partial charge in [0.05, 0.1) is 24.0 Å². The number of aliphatic hydroxyl groups is 1. The third-order valence-corrected chi connectivity index (χ3v) is 3.94. The van der Waals surface area contributed by atoms with Gasteiger partial charge in [-0.2, -0.15) is 5.10 Å². The lowest BCUT2D eigenvalue weighted by Gasteiger charge is -2.17. The van der Waals surface area contributed by atoms with Gasteiger partial charge in [0, 0.05) is 12.7 Å². The summed E-state index contributed by atoms with van der Waals surface area (Å²) in [6, 6.07) is 7.41. The lowest BCUT2D eigenvalue weighted by molar-refractivity contribution is 0.114. The summed E-state index contributed by atoms with van der Waals surface area (Å²) in [5, 5.41) is 19.5. The lowest BCUT2D eigenvalue weighted by atomic mass is 10.0. The Bertz CT molecular complexity index is 657. The van der Waals surface area contributed by atoms with E-state index in [9.17, 15) is 14.3 Å². The number of aliphatic hydroxyl groups excluding tert-OH is 1. The standard InChI is InChI=1S/C17H23FN4O2/c1-3-12(2)16(23)11-20-17(24)19-10-14-8-9-22(21-14)15-6-4-13(18)5-7-15/h4-9,12,16,23H,3,10-11H2,1-2H3,(H2,19,20,24). The molecule has 7 heteroatoms. The summed E-state index contributed by atoms with van der Waals surface area (Å²) in [7, 11) is 0. The normalized spacial score (nSPS) is 13.3. The van der Waals surface area contributed by atoms with Crippen molar-refractivity contribution in [2.75, 3.05) is 6.54 Å². The second kappa shape index (κ2) is 8.44. The number of halogens is 1. The molecule has 0 radical (unpaired) electrons. The Morgan fingerprint density at radius 1 is 1.29 bits per heavy atom. The van der Waals surface area contributed by atoms with Gasteiger partial charge in [0.15, 0.2) is 0 Å². The summed E-state index contributed by atoms with van der Waals surface area (Å²) in [4.78, 5) is 11.7. The van der Waals surface area contributed by atoms with Crippen LogP contribution in [0.25, 0.3) is 5.69 Å². The summed E-state index contributed by atoms with van der Waals surface area (Å²) in [6.07, 6.45) is 2.04. The number of benzene rings is 1. The van der Waals surface area contributed by atoms with Crippen molar-refractivity contribution < 1.29 is 14.3 Å². The Labute approximate surface area is 140 Å². The molecule has 3 N–H and O–H groups in total. The highest BCUT2D eigenvalue weighted by Gasteiger charge is 2.13. The number of hydrogen-bond donors (Lipinski definition) is 3. The van der Waals surface area contributed by atoms with Crippen LogP contribution in [0.4, 0.5) is 9.18 Å². The van der Waals surface area contributed by atoms with Crippen molar-refractivity contribution >= 4 is 6.03 Å². The zero-order valence-corrected chi connectivity index (χ0v) is 13.9. The molecule has 0 aliphatic rings. The molecule has 0 bridgehead atoms. The zero-order chi connectivity index (χ0) is 17.5. The molecular formula is C17H23FN4O2. The molecule has 0 saturated carbocycles. The van der Waals surface area contributed by atoms with Crippen LogP contribution >= 0.6 is 0 Å². The number of nitrogens with zero attached hydrogens (tertiary/aromatic N) is 2. The van der Waals surface area contributed by atoms with Gasteiger partial charge in [0.25, 0.3) is 0 Å². The minimum absolute atomic E-state index is 0.136. The molecule has 0 aliphatic heterocycles. The van der Waals surface area contributed by atoms with Gasteiger partial charge in [-0.3, -0.25) is 0 Å². The minimum Gasteiger partial charge on any atom is -0.391 e. The third-order valence-electron chi connectivity index (χ3n) is 3.94. The van der Waals surface area contributed by atoms with E-state index in [0.29, 0.717) is 5.69 Å². The molecule has 2 aromatic rings. The maximum absolute atomic E-state index is 12.9. The molecular weight excluding hydrogens is 311 g/mol. The van der Waals surface area contributed by atoms with Crippen molar-refractivity contribution in [1.82, 2.24) is 20.4 Å². The quantitative estimate of drug-likeness (QED) is 0.726. The Morgan fingerprint density at radius 2 is 2.00 bits per heavy atom. The topological polar surface area (TPSA) is 79.2 Å². The van der Waals surface area contributed by atoms with Gasteiger partial charge >= 0.3 is 6.03 Å². The van der Waals surface area contributed by atoms with Crippen LogP contribution in [0.5, 0.6) is 0 Å². The number of hydrogen-bond acceptors (Lipinski definition) is 3. The van der Waals surface area contributed by atoms with E-state index in [1.54, 1.807) is 29.1 Å². The maximum Gasteiger partial charge on any atom is 0.315 e. The van der Waals surface area contributed by atoms with Crippen LogP contribution in [-0.4, -0.2) is 33.6 Å². The highest BCUT2D eigenvalue weighted by molar-refractivity contribution is 5.73. The second-order valence-electron chi connectivity index (χ2n) is 5.74. The predicted octanol–water partition coefficient (Wildman–Crippen LogP) is 2.22. The van der Waals surface area contributed by atoms with Crippen molar-refractivity contribution in [3.8, 4) is 5.69 Å². The first kappa shape index (κ1) is 17.9. The number of carbonyl (C=O) groups is 1. The summed E-state index contributed by atoms with van der Waals surface area (Å²) in [5.74, 6) is -0.166. The number of amides is 2. The third kappa shape index (κ3) is 5.06. The van der Waals surface area contributed by atoms with Crippen LogP contribution in [-0.2, 0) is 6.54 Å². The van der Waals surface area contributed by atoms with Crippen LogP contribution in [0, 0.1) is 11.7 Å². The highest BCUT2D eigenvalue weighted by Crippen LogP contribution is 2.09. The fraction of sp³-hybridized carbons (Fsp3) is 0.412. The van der Waals surface area contributed by atoms with Crippen LogP contribution in [0.2, 0.25) is 0 Å². The van der Waals surface area contributed by atoms with E-state index < -0.39 is 6.10 Å². The zero-order valence-electron chi connectivity index (χ0n) is 13.9. The van der Waals surface area contributed by atoms with Crippen molar-refractivity contribution in [3.05, 3.63) is 48.0 Å². The van der Waals surface area contributed by atoms with Crippen LogP contribution in [0.1, 0.15) is 26.0 Å². The first-order valence-corrected chi connectivity index (χ1v) is 8.00. The maximum atomic E-state index is 12.9. The molecule has 1 aromatic heterocycles. The molecule has 0 spiro atoms. The molecule has 0 aliphatic carbocycles. The minimum atomic E-state index is -0.557. The van der Waals surface area contributed by atoms with E-state index in [1.165, 1.54) is 12.1 Å². The van der Waals surface area contributed by atoms with Crippen molar-refractivity contribution in [3.63, 3.8) is 0 Å². The first-order valence-electron chi connectivity index (χ1n) is 8.00. The number of nitrogens with one attached hydrogen (secondary N) is 2. The van der Waals surface area contributed by atoms with E-state index in [0.717, 1.165) is 12.1 Å². The predicted molar refractivity (Wildman–Crippen MR) is 89.2 cm³/mol. The monoisotopic (exact) mass is 334 g/mol. The average molecular weight is 334 g/mol. The van der Waals surface area contributed by atoms with Crippen molar-refractivity contribution in [2.45, 2.75) is 32.9 Å². The van der Waals surface area contributed by atoms with Gasteiger partial charge < -0.3 is 15.7 Å². The molecule has 1 aromatic carbocycles. The number of aromatic nitrogens is 2. The van der Waals surface area contributed by atoms with Gasteiger partial charge in [-0.1, -0.05) is 20.3 Å². The van der Waals surface area contributed by atoms with E-state index in [4.69, 9.17) is 0 Å². The van der Waals surface area contributed by atoms with Gasteiger partial charge in [-0.25, -0.2) is 13.9 Å². The van der Waals surface area contributed by atoms with Crippen LogP contribution in [0.15, 0.2) is 36.5 Å². The fourth-order valence-corrected chi connectivity index (χ4v) is 2.10. The molecule has 6 nitrogen and oxygen atoms in total. The molecule has 0 fully saturated rings. The Balaban J connectivity index is 1.80. The second-order valence-corrected chi connectivity index (χ2v) is 5.74. The van der Waals surface area contributed by atoms with Gasteiger partial charge in [-0.15, -0.1) is 0 Å². The van der Waals surface area contributed by atoms with Gasteiger partial charge in [0.1, 0.15) is 5.82 Å². The molecule has 0 saturated heterocycles. The Morgan fingerprint density at radius 3 is 2.67 bits per heavy atom. The number of carbonyl (C=O) groups excluding carboxylic acids is 1. The largest absolute Gasteiger partial charge is 0.391 e. The number of rotatable bonds is 7. The molecule has 2 atom stereocenters.